The Bertz CT molecular complexity index is 1020. The molecule has 3 rings (SSSR count). The number of unbranched alkanes of at least 4 members (excludes halogenated alkanes) is 10. The summed E-state index contributed by atoms with van der Waals surface area (Å²) in [5.74, 6) is 2.73. The molecule has 3 aliphatic carbocycles. The number of carbonyl (C=O) groups excluding carboxylic acids is 1. The van der Waals surface area contributed by atoms with Crippen LogP contribution in [0.15, 0.2) is 45.6 Å². The van der Waals surface area contributed by atoms with Crippen LogP contribution in [0.25, 0.3) is 0 Å². The van der Waals surface area contributed by atoms with Crippen molar-refractivity contribution in [2.24, 2.45) is 23.2 Å². The van der Waals surface area contributed by atoms with Crippen molar-refractivity contribution in [2.45, 2.75) is 196 Å². The minimum atomic E-state index is -0.306. The maximum absolute atomic E-state index is 14.8. The first-order valence-corrected chi connectivity index (χ1v) is 19.6. The van der Waals surface area contributed by atoms with Crippen LogP contribution in [-0.2, 0) is 4.79 Å². The zero-order valence-electron chi connectivity index (χ0n) is 30.6. The van der Waals surface area contributed by atoms with Gasteiger partial charge < -0.3 is 0 Å². The second-order valence-corrected chi connectivity index (χ2v) is 16.0. The standard InChI is InChI=1S/C43H72O/c1-8-10-12-14-15-17-19-24-37(23-18-16-13-11-9-2)26-28-43(27-25-34(5)22-20-21-33(3)4)41-32-36(7)30-39(41)38-29-35(6)31-40(38)42(43)44/h31-34,37H,8-30H2,1-7H3. The Labute approximate surface area is 274 Å². The van der Waals surface area contributed by atoms with Crippen LogP contribution in [0.2, 0.25) is 0 Å². The summed E-state index contributed by atoms with van der Waals surface area (Å²) in [5, 5.41) is 0. The Hall–Kier alpha value is -1.37. The summed E-state index contributed by atoms with van der Waals surface area (Å²) in [4.78, 5) is 14.8. The summed E-state index contributed by atoms with van der Waals surface area (Å²) in [6.45, 7) is 16.3. The topological polar surface area (TPSA) is 17.1 Å². The molecule has 0 aliphatic heterocycles. The first-order chi connectivity index (χ1) is 21.2. The lowest BCUT2D eigenvalue weighted by Crippen LogP contribution is -2.38. The normalized spacial score (nSPS) is 21.2. The summed E-state index contributed by atoms with van der Waals surface area (Å²) >= 11 is 0. The molecule has 0 fully saturated rings. The average Bonchev–Trinajstić information content (AvgIpc) is 3.58. The maximum Gasteiger partial charge on any atom is 0.173 e. The fraction of sp³-hybridized carbons (Fsp3) is 0.791. The minimum absolute atomic E-state index is 0.306. The summed E-state index contributed by atoms with van der Waals surface area (Å²) in [6, 6.07) is 0. The highest BCUT2D eigenvalue weighted by molar-refractivity contribution is 6.09. The van der Waals surface area contributed by atoms with Gasteiger partial charge in [0.25, 0.3) is 0 Å². The molecule has 0 heterocycles. The van der Waals surface area contributed by atoms with Gasteiger partial charge in [0.2, 0.25) is 0 Å². The summed E-state index contributed by atoms with van der Waals surface area (Å²) in [5.41, 5.74) is 8.01. The second kappa shape index (κ2) is 19.3. The van der Waals surface area contributed by atoms with E-state index in [1.807, 2.05) is 0 Å². The first kappa shape index (κ1) is 37.1. The Balaban J connectivity index is 1.78. The smallest absolute Gasteiger partial charge is 0.173 e. The Morgan fingerprint density at radius 3 is 1.77 bits per heavy atom. The third-order valence-electron chi connectivity index (χ3n) is 11.4. The third kappa shape index (κ3) is 10.9. The molecule has 0 aromatic carbocycles. The van der Waals surface area contributed by atoms with E-state index in [1.165, 1.54) is 144 Å². The highest BCUT2D eigenvalue weighted by Crippen LogP contribution is 2.55. The van der Waals surface area contributed by atoms with Crippen molar-refractivity contribution in [3.05, 3.63) is 45.6 Å². The van der Waals surface area contributed by atoms with Gasteiger partial charge in [-0.2, -0.15) is 0 Å². The summed E-state index contributed by atoms with van der Waals surface area (Å²) < 4.78 is 0. The SMILES string of the molecule is CCCCCCCCCC(CCCCCCC)CCC1(CCC(C)CCCC(C)C)C(=O)C2=C(CC(C)=C2)C2=C1C=C(C)C2. The molecule has 0 radical (unpaired) electrons. The lowest BCUT2D eigenvalue weighted by atomic mass is 9.62. The van der Waals surface area contributed by atoms with E-state index in [2.05, 4.69) is 60.6 Å². The molecule has 44 heavy (non-hydrogen) atoms. The van der Waals surface area contributed by atoms with Crippen LogP contribution in [0.4, 0.5) is 0 Å². The third-order valence-corrected chi connectivity index (χ3v) is 11.4. The van der Waals surface area contributed by atoms with Crippen LogP contribution in [0, 0.1) is 23.2 Å². The van der Waals surface area contributed by atoms with Gasteiger partial charge in [0.15, 0.2) is 5.78 Å². The predicted molar refractivity (Wildman–Crippen MR) is 194 cm³/mol. The quantitative estimate of drug-likeness (QED) is 0.100. The van der Waals surface area contributed by atoms with Gasteiger partial charge in [-0.15, -0.1) is 0 Å². The summed E-state index contributed by atoms with van der Waals surface area (Å²) in [6.07, 6.45) is 34.6. The molecule has 0 saturated carbocycles. The zero-order chi connectivity index (χ0) is 32.0. The number of Topliss-reactive ketones (excluding diaryl/α,β-unsaturated/α-hetero) is 1. The first-order valence-electron chi connectivity index (χ1n) is 19.6. The number of rotatable bonds is 24. The van der Waals surface area contributed by atoms with Gasteiger partial charge in [-0.3, -0.25) is 4.79 Å². The van der Waals surface area contributed by atoms with Crippen molar-refractivity contribution in [2.75, 3.05) is 0 Å². The highest BCUT2D eigenvalue weighted by atomic mass is 16.1. The van der Waals surface area contributed by atoms with E-state index in [-0.39, 0.29) is 5.41 Å². The van der Waals surface area contributed by atoms with Gasteiger partial charge in [-0.1, -0.05) is 167 Å². The number of allylic oxidation sites excluding steroid dienone is 8. The Morgan fingerprint density at radius 2 is 1.16 bits per heavy atom. The number of ketones is 1. The molecule has 3 atom stereocenters. The number of fused-ring (bicyclic) bond motifs is 1. The van der Waals surface area contributed by atoms with Crippen LogP contribution < -0.4 is 0 Å². The van der Waals surface area contributed by atoms with E-state index in [4.69, 9.17) is 0 Å². The minimum Gasteiger partial charge on any atom is -0.293 e. The molecule has 0 N–H and O–H groups in total. The number of hydrogen-bond acceptors (Lipinski definition) is 1. The molecular weight excluding hydrogens is 532 g/mol. The number of hydrogen-bond donors (Lipinski definition) is 0. The number of carbonyl (C=O) groups is 1. The molecule has 0 aromatic rings. The monoisotopic (exact) mass is 605 g/mol. The molecule has 3 aliphatic rings. The maximum atomic E-state index is 14.8. The van der Waals surface area contributed by atoms with Gasteiger partial charge in [0, 0.05) is 5.57 Å². The van der Waals surface area contributed by atoms with Gasteiger partial charge in [0.1, 0.15) is 0 Å². The van der Waals surface area contributed by atoms with E-state index in [0.29, 0.717) is 11.7 Å². The molecule has 1 nitrogen and oxygen atoms in total. The molecular formula is C43H72O. The van der Waals surface area contributed by atoms with Crippen LogP contribution >= 0.6 is 0 Å². The molecule has 0 aromatic heterocycles. The van der Waals surface area contributed by atoms with Gasteiger partial charge in [-0.25, -0.2) is 0 Å². The van der Waals surface area contributed by atoms with E-state index in [1.54, 1.807) is 5.57 Å². The highest BCUT2D eigenvalue weighted by Gasteiger charge is 2.49. The van der Waals surface area contributed by atoms with Crippen molar-refractivity contribution in [3.8, 4) is 0 Å². The zero-order valence-corrected chi connectivity index (χ0v) is 30.6. The lowest BCUT2D eigenvalue weighted by Gasteiger charge is -2.40. The lowest BCUT2D eigenvalue weighted by molar-refractivity contribution is -0.123. The largest absolute Gasteiger partial charge is 0.293 e. The fourth-order valence-corrected chi connectivity index (χ4v) is 8.51. The van der Waals surface area contributed by atoms with E-state index < -0.39 is 0 Å². The van der Waals surface area contributed by atoms with Crippen LogP contribution in [0.3, 0.4) is 0 Å². The molecule has 0 saturated heterocycles. The molecule has 3 unspecified atom stereocenters. The molecule has 0 spiro atoms. The Kier molecular flexibility index (Phi) is 16.3. The Morgan fingerprint density at radius 1 is 0.614 bits per heavy atom. The van der Waals surface area contributed by atoms with Crippen LogP contribution in [-0.4, -0.2) is 5.78 Å². The van der Waals surface area contributed by atoms with Crippen molar-refractivity contribution in [1.29, 1.82) is 0 Å². The van der Waals surface area contributed by atoms with Gasteiger partial charge >= 0.3 is 0 Å². The van der Waals surface area contributed by atoms with Crippen molar-refractivity contribution < 1.29 is 4.79 Å². The molecule has 0 bridgehead atoms. The second-order valence-electron chi connectivity index (χ2n) is 16.0. The predicted octanol–water partition coefficient (Wildman–Crippen LogP) is 14.0. The van der Waals surface area contributed by atoms with Crippen LogP contribution in [0.5, 0.6) is 0 Å². The average molecular weight is 605 g/mol. The van der Waals surface area contributed by atoms with E-state index >= 15 is 0 Å². The van der Waals surface area contributed by atoms with Crippen molar-refractivity contribution >= 4 is 5.78 Å². The van der Waals surface area contributed by atoms with Crippen molar-refractivity contribution in [3.63, 3.8) is 0 Å². The summed E-state index contributed by atoms with van der Waals surface area (Å²) in [7, 11) is 0. The van der Waals surface area contributed by atoms with Crippen molar-refractivity contribution in [1.82, 2.24) is 0 Å². The van der Waals surface area contributed by atoms with E-state index in [9.17, 15) is 4.79 Å². The molecule has 0 amide bonds. The van der Waals surface area contributed by atoms with Crippen LogP contribution in [0.1, 0.15) is 196 Å². The van der Waals surface area contributed by atoms with Gasteiger partial charge in [0.05, 0.1) is 5.41 Å². The fourth-order valence-electron chi connectivity index (χ4n) is 8.51. The molecule has 1 heteroatoms. The van der Waals surface area contributed by atoms with Gasteiger partial charge in [-0.05, 0) is 86.8 Å². The molecule has 250 valence electrons. The van der Waals surface area contributed by atoms with E-state index in [0.717, 1.165) is 43.1 Å².